The molecule has 0 saturated carbocycles. The highest BCUT2D eigenvalue weighted by atomic mass is 35.5. The van der Waals surface area contributed by atoms with E-state index >= 15 is 0 Å². The van der Waals surface area contributed by atoms with Crippen LogP contribution in [0, 0.1) is 17.7 Å². The van der Waals surface area contributed by atoms with Crippen molar-refractivity contribution in [2.45, 2.75) is 27.2 Å². The van der Waals surface area contributed by atoms with Gasteiger partial charge in [-0.15, -0.1) is 0 Å². The number of hydrogen-bond acceptors (Lipinski definition) is 1. The zero-order chi connectivity index (χ0) is 12.3. The predicted octanol–water partition coefficient (Wildman–Crippen LogP) is 3.88. The van der Waals surface area contributed by atoms with Gasteiger partial charge in [0.15, 0.2) is 0 Å². The third-order valence-electron chi connectivity index (χ3n) is 2.87. The van der Waals surface area contributed by atoms with Crippen molar-refractivity contribution in [3.8, 4) is 0 Å². The molecular weight excluding hydrogens is 227 g/mol. The van der Waals surface area contributed by atoms with Gasteiger partial charge in [-0.25, -0.2) is 4.39 Å². The van der Waals surface area contributed by atoms with Crippen LogP contribution in [0.2, 0.25) is 5.02 Å². The summed E-state index contributed by atoms with van der Waals surface area (Å²) < 4.78 is 13.1. The largest absolute Gasteiger partial charge is 0.299 e. The second-order valence-corrected chi connectivity index (χ2v) is 4.83. The number of carbonyl (C=O) groups is 1. The average Bonchev–Trinajstić information content (AvgIpc) is 2.22. The lowest BCUT2D eigenvalue weighted by Gasteiger charge is -2.14. The average molecular weight is 243 g/mol. The molecule has 0 aromatic heterocycles. The van der Waals surface area contributed by atoms with Crippen LogP contribution in [-0.4, -0.2) is 5.78 Å². The molecule has 0 fully saturated rings. The zero-order valence-corrected chi connectivity index (χ0v) is 10.5. The Morgan fingerprint density at radius 1 is 1.38 bits per heavy atom. The van der Waals surface area contributed by atoms with E-state index in [1.54, 1.807) is 6.07 Å². The van der Waals surface area contributed by atoms with Gasteiger partial charge in [0.25, 0.3) is 0 Å². The van der Waals surface area contributed by atoms with Crippen LogP contribution >= 0.6 is 11.6 Å². The summed E-state index contributed by atoms with van der Waals surface area (Å²) in [5, 5.41) is 0.0908. The molecule has 0 heterocycles. The molecule has 0 aliphatic heterocycles. The molecule has 0 saturated heterocycles. The Labute approximate surface area is 101 Å². The minimum absolute atomic E-state index is 0.00117. The van der Waals surface area contributed by atoms with Gasteiger partial charge in [-0.2, -0.15) is 0 Å². The molecule has 3 heteroatoms. The summed E-state index contributed by atoms with van der Waals surface area (Å²) in [6.07, 6.45) is 0.271. The first kappa shape index (κ1) is 13.2. The first-order chi connectivity index (χ1) is 7.41. The number of rotatable bonds is 4. The number of ketones is 1. The van der Waals surface area contributed by atoms with E-state index < -0.39 is 5.82 Å². The van der Waals surface area contributed by atoms with E-state index in [-0.39, 0.29) is 23.1 Å². The van der Waals surface area contributed by atoms with Gasteiger partial charge >= 0.3 is 0 Å². The quantitative estimate of drug-likeness (QED) is 0.783. The normalized spacial score (nSPS) is 12.9. The van der Waals surface area contributed by atoms with E-state index in [1.807, 2.05) is 20.8 Å². The number of benzene rings is 1. The highest BCUT2D eigenvalue weighted by molar-refractivity contribution is 6.30. The molecule has 1 nitrogen and oxygen atoms in total. The minimum Gasteiger partial charge on any atom is -0.299 e. The predicted molar refractivity (Wildman–Crippen MR) is 64.1 cm³/mol. The molecule has 1 aromatic carbocycles. The third kappa shape index (κ3) is 3.31. The van der Waals surface area contributed by atoms with E-state index in [9.17, 15) is 9.18 Å². The molecule has 88 valence electrons. The lowest BCUT2D eigenvalue weighted by molar-refractivity contribution is -0.122. The van der Waals surface area contributed by atoms with Gasteiger partial charge in [0.2, 0.25) is 0 Å². The Morgan fingerprint density at radius 3 is 2.50 bits per heavy atom. The molecular formula is C13H16ClFO. The molecule has 1 rings (SSSR count). The van der Waals surface area contributed by atoms with Crippen LogP contribution in [0.15, 0.2) is 18.2 Å². The van der Waals surface area contributed by atoms with E-state index in [1.165, 1.54) is 12.1 Å². The second-order valence-electron chi connectivity index (χ2n) is 4.42. The summed E-state index contributed by atoms with van der Waals surface area (Å²) in [4.78, 5) is 11.8. The highest BCUT2D eigenvalue weighted by Gasteiger charge is 2.17. The van der Waals surface area contributed by atoms with Gasteiger partial charge in [-0.3, -0.25) is 4.79 Å². The van der Waals surface area contributed by atoms with Crippen molar-refractivity contribution in [3.63, 3.8) is 0 Å². The van der Waals surface area contributed by atoms with Crippen molar-refractivity contribution in [1.82, 2.24) is 0 Å². The molecule has 0 spiro atoms. The second kappa shape index (κ2) is 5.44. The molecule has 1 atom stereocenters. The molecule has 1 unspecified atom stereocenters. The smallest absolute Gasteiger partial charge is 0.142 e. The Kier molecular flexibility index (Phi) is 4.48. The SMILES string of the molecule is CC(C)C(C)C(=O)Cc1ccc(Cl)c(F)c1. The fourth-order valence-corrected chi connectivity index (χ4v) is 1.50. The summed E-state index contributed by atoms with van der Waals surface area (Å²) in [6.45, 7) is 5.91. The zero-order valence-electron chi connectivity index (χ0n) is 9.76. The molecule has 16 heavy (non-hydrogen) atoms. The van der Waals surface area contributed by atoms with Crippen molar-refractivity contribution in [2.75, 3.05) is 0 Å². The highest BCUT2D eigenvalue weighted by Crippen LogP contribution is 2.18. The van der Waals surface area contributed by atoms with E-state index in [2.05, 4.69) is 0 Å². The number of Topliss-reactive ketones (excluding diaryl/α,β-unsaturated/α-hetero) is 1. The van der Waals surface area contributed by atoms with Crippen molar-refractivity contribution < 1.29 is 9.18 Å². The van der Waals surface area contributed by atoms with Crippen molar-refractivity contribution in [3.05, 3.63) is 34.6 Å². The number of halogens is 2. The maximum absolute atomic E-state index is 13.1. The molecule has 0 bridgehead atoms. The first-order valence-corrected chi connectivity index (χ1v) is 5.76. The third-order valence-corrected chi connectivity index (χ3v) is 3.18. The van der Waals surface area contributed by atoms with Crippen LogP contribution in [0.1, 0.15) is 26.3 Å². The van der Waals surface area contributed by atoms with Crippen LogP contribution < -0.4 is 0 Å². The maximum Gasteiger partial charge on any atom is 0.142 e. The summed E-state index contributed by atoms with van der Waals surface area (Å²) in [5.74, 6) is -0.0238. The van der Waals surface area contributed by atoms with E-state index in [0.29, 0.717) is 11.5 Å². The van der Waals surface area contributed by atoms with Gasteiger partial charge in [-0.05, 0) is 23.6 Å². The Balaban J connectivity index is 2.74. The fourth-order valence-electron chi connectivity index (χ4n) is 1.38. The lowest BCUT2D eigenvalue weighted by Crippen LogP contribution is -2.18. The van der Waals surface area contributed by atoms with E-state index in [0.717, 1.165) is 0 Å². The van der Waals surface area contributed by atoms with E-state index in [4.69, 9.17) is 11.6 Å². The van der Waals surface area contributed by atoms with Crippen molar-refractivity contribution >= 4 is 17.4 Å². The molecule has 0 aliphatic rings. The van der Waals surface area contributed by atoms with Gasteiger partial charge < -0.3 is 0 Å². The van der Waals surface area contributed by atoms with Crippen LogP contribution in [-0.2, 0) is 11.2 Å². The molecule has 0 amide bonds. The Hall–Kier alpha value is -0.890. The van der Waals surface area contributed by atoms with Crippen LogP contribution in [0.3, 0.4) is 0 Å². The molecule has 1 aromatic rings. The molecule has 0 N–H and O–H groups in total. The van der Waals surface area contributed by atoms with Crippen LogP contribution in [0.25, 0.3) is 0 Å². The minimum atomic E-state index is -0.468. The molecule has 0 aliphatic carbocycles. The Bertz CT molecular complexity index is 388. The standard InChI is InChI=1S/C13H16ClFO/c1-8(2)9(3)13(16)7-10-4-5-11(14)12(15)6-10/h4-6,8-9H,7H2,1-3H3. The fraction of sp³-hybridized carbons (Fsp3) is 0.462. The summed E-state index contributed by atoms with van der Waals surface area (Å²) in [7, 11) is 0. The Morgan fingerprint density at radius 2 is 2.00 bits per heavy atom. The van der Waals surface area contributed by atoms with Crippen LogP contribution in [0.4, 0.5) is 4.39 Å². The monoisotopic (exact) mass is 242 g/mol. The summed E-state index contributed by atoms with van der Waals surface area (Å²) in [6, 6.07) is 4.50. The van der Waals surface area contributed by atoms with Crippen molar-refractivity contribution in [2.24, 2.45) is 11.8 Å². The number of hydrogen-bond donors (Lipinski definition) is 0. The summed E-state index contributed by atoms with van der Waals surface area (Å²) in [5.41, 5.74) is 0.680. The maximum atomic E-state index is 13.1. The van der Waals surface area contributed by atoms with Gasteiger partial charge in [0.1, 0.15) is 11.6 Å². The van der Waals surface area contributed by atoms with Crippen LogP contribution in [0.5, 0.6) is 0 Å². The topological polar surface area (TPSA) is 17.1 Å². The number of carbonyl (C=O) groups excluding carboxylic acids is 1. The lowest BCUT2D eigenvalue weighted by atomic mass is 9.90. The van der Waals surface area contributed by atoms with Gasteiger partial charge in [0.05, 0.1) is 5.02 Å². The van der Waals surface area contributed by atoms with Gasteiger partial charge in [-0.1, -0.05) is 38.4 Å². The van der Waals surface area contributed by atoms with Crippen molar-refractivity contribution in [1.29, 1.82) is 0 Å². The first-order valence-electron chi connectivity index (χ1n) is 5.38. The van der Waals surface area contributed by atoms with Gasteiger partial charge in [0, 0.05) is 12.3 Å². The summed E-state index contributed by atoms with van der Waals surface area (Å²) >= 11 is 5.57. The molecule has 0 radical (unpaired) electrons.